The summed E-state index contributed by atoms with van der Waals surface area (Å²) in [6.45, 7) is 4.33. The van der Waals surface area contributed by atoms with Gasteiger partial charge in [0.2, 0.25) is 0 Å². The van der Waals surface area contributed by atoms with Crippen molar-refractivity contribution in [3.8, 4) is 0 Å². The fraction of sp³-hybridized carbons (Fsp3) is 0.273. The number of hydrogen-bond acceptors (Lipinski definition) is 1. The molecule has 1 heterocycles. The van der Waals surface area contributed by atoms with Crippen LogP contribution in [0.5, 0.6) is 0 Å². The molecule has 1 aromatic rings. The molecule has 0 amide bonds. The first-order valence-electron chi connectivity index (χ1n) is 4.40. The third-order valence-electron chi connectivity index (χ3n) is 2.30. The summed E-state index contributed by atoms with van der Waals surface area (Å²) in [7, 11) is 0. The largest absolute Gasteiger partial charge is 0.373 e. The molecule has 2 rings (SSSR count). The summed E-state index contributed by atoms with van der Waals surface area (Å²) in [5.41, 5.74) is 2.80. The molecule has 0 aliphatic carbocycles. The monoisotopic (exact) mass is 287 g/mol. The third kappa shape index (κ3) is 2.24. The van der Waals surface area contributed by atoms with Gasteiger partial charge in [0.15, 0.2) is 0 Å². The molecule has 0 spiro atoms. The Morgan fingerprint density at radius 3 is 2.85 bits per heavy atom. The van der Waals surface area contributed by atoms with Crippen LogP contribution < -0.4 is 0 Å². The Morgan fingerprint density at radius 1 is 1.31 bits per heavy atom. The average molecular weight is 287 g/mol. The second-order valence-corrected chi connectivity index (χ2v) is 3.08. The van der Waals surface area contributed by atoms with E-state index in [1.807, 2.05) is 0 Å². The molecule has 0 atom stereocenters. The van der Waals surface area contributed by atoms with Crippen molar-refractivity contribution < 1.29 is 0 Å². The van der Waals surface area contributed by atoms with Crippen LogP contribution in [0.1, 0.15) is 18.1 Å². The molecule has 0 fully saturated rings. The fourth-order valence-electron chi connectivity index (χ4n) is 1.52. The zero-order valence-electron chi connectivity index (χ0n) is 7.73. The Kier molecular flexibility index (Phi) is 3.78. The van der Waals surface area contributed by atoms with Crippen molar-refractivity contribution in [2.24, 2.45) is 0 Å². The van der Waals surface area contributed by atoms with Crippen LogP contribution in [0.2, 0.25) is 0 Å². The summed E-state index contributed by atoms with van der Waals surface area (Å²) in [5, 5.41) is 0. The topological polar surface area (TPSA) is 3.24 Å². The highest BCUT2D eigenvalue weighted by Crippen LogP contribution is 2.18. The lowest BCUT2D eigenvalue weighted by molar-refractivity contribution is 0.387. The molecular formula is C11H14IN. The minimum atomic E-state index is 0. The predicted octanol–water partition coefficient (Wildman–Crippen LogP) is 3.11. The molecule has 1 nitrogen and oxygen atoms in total. The highest BCUT2D eigenvalue weighted by atomic mass is 127. The lowest BCUT2D eigenvalue weighted by Gasteiger charge is -2.23. The number of benzene rings is 1. The van der Waals surface area contributed by atoms with Crippen LogP contribution in [0.15, 0.2) is 30.5 Å². The van der Waals surface area contributed by atoms with Crippen molar-refractivity contribution in [3.63, 3.8) is 0 Å². The van der Waals surface area contributed by atoms with Gasteiger partial charge in [-0.25, -0.2) is 0 Å². The van der Waals surface area contributed by atoms with Crippen LogP contribution >= 0.6 is 24.0 Å². The first kappa shape index (κ1) is 10.6. The lowest BCUT2D eigenvalue weighted by Crippen LogP contribution is -2.18. The number of hydrogen-bond donors (Lipinski definition) is 0. The number of rotatable bonds is 1. The van der Waals surface area contributed by atoms with E-state index in [0.717, 1.165) is 13.1 Å². The van der Waals surface area contributed by atoms with Gasteiger partial charge in [0, 0.05) is 13.1 Å². The van der Waals surface area contributed by atoms with Crippen LogP contribution in [0.3, 0.4) is 0 Å². The molecule has 1 aromatic carbocycles. The Balaban J connectivity index is 0.000000845. The summed E-state index contributed by atoms with van der Waals surface area (Å²) < 4.78 is 0. The van der Waals surface area contributed by atoms with Gasteiger partial charge in [-0.2, -0.15) is 0 Å². The Morgan fingerprint density at radius 2 is 2.08 bits per heavy atom. The molecule has 1 aliphatic rings. The molecule has 0 bridgehead atoms. The van der Waals surface area contributed by atoms with E-state index in [1.54, 1.807) is 0 Å². The van der Waals surface area contributed by atoms with Crippen molar-refractivity contribution in [1.82, 2.24) is 4.90 Å². The zero-order chi connectivity index (χ0) is 8.39. The first-order valence-corrected chi connectivity index (χ1v) is 4.40. The van der Waals surface area contributed by atoms with Crippen molar-refractivity contribution in [3.05, 3.63) is 41.6 Å². The van der Waals surface area contributed by atoms with Gasteiger partial charge in [0.1, 0.15) is 0 Å². The minimum absolute atomic E-state index is 0. The van der Waals surface area contributed by atoms with E-state index in [-0.39, 0.29) is 24.0 Å². The fourth-order valence-corrected chi connectivity index (χ4v) is 1.52. The second-order valence-electron chi connectivity index (χ2n) is 3.08. The summed E-state index contributed by atoms with van der Waals surface area (Å²) in [5.74, 6) is 0. The molecule has 0 radical (unpaired) electrons. The maximum atomic E-state index is 2.31. The van der Waals surface area contributed by atoms with Crippen molar-refractivity contribution >= 4 is 30.1 Å². The summed E-state index contributed by atoms with van der Waals surface area (Å²) in [4.78, 5) is 2.31. The van der Waals surface area contributed by atoms with Gasteiger partial charge < -0.3 is 4.90 Å². The van der Waals surface area contributed by atoms with Crippen LogP contribution in [-0.4, -0.2) is 11.4 Å². The Labute approximate surface area is 96.5 Å². The summed E-state index contributed by atoms with van der Waals surface area (Å²) in [6.07, 6.45) is 4.35. The Bertz CT molecular complexity index is 307. The Hall–Kier alpha value is -0.510. The molecule has 13 heavy (non-hydrogen) atoms. The smallest absolute Gasteiger partial charge is 0.0429 e. The molecule has 0 saturated heterocycles. The van der Waals surface area contributed by atoms with Gasteiger partial charge >= 0.3 is 0 Å². The lowest BCUT2D eigenvalue weighted by atomic mass is 10.0. The van der Waals surface area contributed by atoms with Crippen molar-refractivity contribution in [2.75, 3.05) is 6.54 Å². The average Bonchev–Trinajstić information content (AvgIpc) is 2.17. The van der Waals surface area contributed by atoms with Crippen molar-refractivity contribution in [2.45, 2.75) is 13.5 Å². The molecule has 0 N–H and O–H groups in total. The van der Waals surface area contributed by atoms with Gasteiger partial charge in [0.25, 0.3) is 0 Å². The van der Waals surface area contributed by atoms with Gasteiger partial charge in [-0.15, -0.1) is 24.0 Å². The highest BCUT2D eigenvalue weighted by Gasteiger charge is 2.06. The molecular weight excluding hydrogens is 273 g/mol. The molecule has 0 unspecified atom stereocenters. The van der Waals surface area contributed by atoms with E-state index in [4.69, 9.17) is 0 Å². The molecule has 0 aromatic heterocycles. The normalized spacial score (nSPS) is 13.5. The van der Waals surface area contributed by atoms with Gasteiger partial charge in [-0.05, 0) is 30.3 Å². The van der Waals surface area contributed by atoms with Crippen molar-refractivity contribution in [1.29, 1.82) is 0 Å². The van der Waals surface area contributed by atoms with Crippen LogP contribution in [0.4, 0.5) is 0 Å². The number of halogens is 1. The predicted molar refractivity (Wildman–Crippen MR) is 67.0 cm³/mol. The van der Waals surface area contributed by atoms with Gasteiger partial charge in [-0.3, -0.25) is 0 Å². The summed E-state index contributed by atoms with van der Waals surface area (Å²) in [6, 6.07) is 8.55. The van der Waals surface area contributed by atoms with Crippen LogP contribution in [0, 0.1) is 0 Å². The van der Waals surface area contributed by atoms with E-state index in [9.17, 15) is 0 Å². The minimum Gasteiger partial charge on any atom is -0.373 e. The number of nitrogens with zero attached hydrogens (tertiary/aromatic N) is 1. The van der Waals surface area contributed by atoms with Gasteiger partial charge in [-0.1, -0.05) is 24.3 Å². The van der Waals surface area contributed by atoms with Crippen LogP contribution in [0.25, 0.3) is 6.08 Å². The van der Waals surface area contributed by atoms with E-state index in [0.29, 0.717) is 0 Å². The zero-order valence-corrected chi connectivity index (χ0v) is 10.1. The van der Waals surface area contributed by atoms with Crippen LogP contribution in [-0.2, 0) is 6.54 Å². The molecule has 2 heteroatoms. The van der Waals surface area contributed by atoms with E-state index >= 15 is 0 Å². The quantitative estimate of drug-likeness (QED) is 0.717. The van der Waals surface area contributed by atoms with E-state index < -0.39 is 0 Å². The van der Waals surface area contributed by atoms with E-state index in [1.165, 1.54) is 11.1 Å². The summed E-state index contributed by atoms with van der Waals surface area (Å²) >= 11 is 0. The SMILES string of the molecule is CCN1C=Cc2ccccc2C1.I. The molecule has 1 aliphatic heterocycles. The second kappa shape index (κ2) is 4.65. The maximum absolute atomic E-state index is 2.31. The standard InChI is InChI=1S/C11H13N.HI/c1-2-12-8-7-10-5-3-4-6-11(10)9-12;/h3-8H,2,9H2,1H3;1H. The maximum Gasteiger partial charge on any atom is 0.0429 e. The van der Waals surface area contributed by atoms with Gasteiger partial charge in [0.05, 0.1) is 0 Å². The molecule has 70 valence electrons. The molecule has 0 saturated carbocycles. The highest BCUT2D eigenvalue weighted by molar-refractivity contribution is 14.0. The van der Waals surface area contributed by atoms with E-state index in [2.05, 4.69) is 48.4 Å². The third-order valence-corrected chi connectivity index (χ3v) is 2.30. The number of fused-ring (bicyclic) bond motifs is 1. The first-order chi connectivity index (χ1) is 5.90.